The van der Waals surface area contributed by atoms with Gasteiger partial charge in [-0.3, -0.25) is 4.79 Å². The van der Waals surface area contributed by atoms with E-state index in [-0.39, 0.29) is 15.5 Å². The Morgan fingerprint density at radius 3 is 2.32 bits per heavy atom. The first kappa shape index (κ1) is 21.2. The molecule has 0 aliphatic carbocycles. The summed E-state index contributed by atoms with van der Waals surface area (Å²) >= 11 is 7.70. The maximum Gasteiger partial charge on any atom is 0.257 e. The summed E-state index contributed by atoms with van der Waals surface area (Å²) in [4.78, 5) is 17.3. The van der Waals surface area contributed by atoms with Crippen LogP contribution >= 0.6 is 22.9 Å². The van der Waals surface area contributed by atoms with Crippen LogP contribution in [-0.4, -0.2) is 25.6 Å². The van der Waals surface area contributed by atoms with Crippen molar-refractivity contribution >= 4 is 44.4 Å². The summed E-state index contributed by atoms with van der Waals surface area (Å²) in [5, 5.41) is 5.80. The van der Waals surface area contributed by atoms with E-state index in [9.17, 15) is 13.2 Å². The highest BCUT2D eigenvalue weighted by molar-refractivity contribution is 7.90. The molecule has 4 rings (SSSR count). The molecule has 0 unspecified atom stereocenters. The molecule has 0 saturated heterocycles. The Morgan fingerprint density at radius 1 is 0.968 bits per heavy atom. The molecule has 3 aromatic carbocycles. The number of carbonyl (C=O) groups excluding carboxylic acids is 1. The highest BCUT2D eigenvalue weighted by Crippen LogP contribution is 2.29. The van der Waals surface area contributed by atoms with Crippen LogP contribution in [0.15, 0.2) is 83.1 Å². The third-order valence-corrected chi connectivity index (χ3v) is 6.89. The van der Waals surface area contributed by atoms with Gasteiger partial charge in [0.15, 0.2) is 9.84 Å². The molecule has 31 heavy (non-hydrogen) atoms. The van der Waals surface area contributed by atoms with Crippen LogP contribution in [0.3, 0.4) is 0 Å². The van der Waals surface area contributed by atoms with Gasteiger partial charge < -0.3 is 5.32 Å². The van der Waals surface area contributed by atoms with Gasteiger partial charge in [-0.2, -0.15) is 0 Å². The number of nitrogens with zero attached hydrogens (tertiary/aromatic N) is 1. The second kappa shape index (κ2) is 8.63. The fourth-order valence-electron chi connectivity index (χ4n) is 2.95. The predicted molar refractivity (Wildman–Crippen MR) is 126 cm³/mol. The summed E-state index contributed by atoms with van der Waals surface area (Å²) in [5.41, 5.74) is 3.66. The van der Waals surface area contributed by atoms with E-state index in [2.05, 4.69) is 5.32 Å². The second-order valence-corrected chi connectivity index (χ2v) is 10.1. The first-order valence-electron chi connectivity index (χ1n) is 9.23. The number of aromatic nitrogens is 1. The smallest absolute Gasteiger partial charge is 0.257 e. The van der Waals surface area contributed by atoms with E-state index in [0.717, 1.165) is 28.1 Å². The lowest BCUT2D eigenvalue weighted by molar-refractivity contribution is 0.102. The van der Waals surface area contributed by atoms with Gasteiger partial charge >= 0.3 is 0 Å². The monoisotopic (exact) mass is 468 g/mol. The van der Waals surface area contributed by atoms with Crippen molar-refractivity contribution in [3.63, 3.8) is 0 Å². The molecule has 1 amide bonds. The number of thiazole rings is 1. The van der Waals surface area contributed by atoms with Crippen molar-refractivity contribution in [2.24, 2.45) is 0 Å². The summed E-state index contributed by atoms with van der Waals surface area (Å²) < 4.78 is 23.2. The topological polar surface area (TPSA) is 76.1 Å². The quantitative estimate of drug-likeness (QED) is 0.402. The van der Waals surface area contributed by atoms with Crippen LogP contribution in [0.2, 0.25) is 5.02 Å². The van der Waals surface area contributed by atoms with E-state index in [1.165, 1.54) is 18.2 Å². The molecule has 0 fully saturated rings. The van der Waals surface area contributed by atoms with Crippen molar-refractivity contribution in [1.29, 1.82) is 0 Å². The summed E-state index contributed by atoms with van der Waals surface area (Å²) in [6.07, 6.45) is 1.09. The zero-order valence-electron chi connectivity index (χ0n) is 16.4. The molecular weight excluding hydrogens is 452 g/mol. The fraction of sp³-hybridized carbons (Fsp3) is 0.0435. The Balaban J connectivity index is 1.49. The summed E-state index contributed by atoms with van der Waals surface area (Å²) in [7, 11) is -3.40. The lowest BCUT2D eigenvalue weighted by Gasteiger charge is -2.08. The highest BCUT2D eigenvalue weighted by atomic mass is 35.5. The second-order valence-electron chi connectivity index (χ2n) is 6.85. The molecule has 0 spiro atoms. The van der Waals surface area contributed by atoms with Crippen molar-refractivity contribution < 1.29 is 13.2 Å². The van der Waals surface area contributed by atoms with E-state index in [4.69, 9.17) is 16.6 Å². The summed E-state index contributed by atoms with van der Waals surface area (Å²) in [5.74, 6) is -0.419. The van der Waals surface area contributed by atoms with Gasteiger partial charge in [0.05, 0.1) is 21.2 Å². The van der Waals surface area contributed by atoms with Crippen molar-refractivity contribution in [3.8, 4) is 21.8 Å². The standard InChI is InChI=1S/C23H17ClN2O3S2/c1-31(28,29)18-11-12-19(20(24)13-18)22(27)25-17-9-7-15(8-10-17)21-14-30-23(26-21)16-5-3-2-4-6-16/h2-14H,1H3,(H,25,27). The van der Waals surface area contributed by atoms with Crippen molar-refractivity contribution in [2.75, 3.05) is 11.6 Å². The largest absolute Gasteiger partial charge is 0.322 e. The maximum atomic E-state index is 12.6. The van der Waals surface area contributed by atoms with Gasteiger partial charge in [-0.05, 0) is 30.3 Å². The van der Waals surface area contributed by atoms with Crippen LogP contribution < -0.4 is 5.32 Å². The van der Waals surface area contributed by atoms with Crippen LogP contribution in [0.25, 0.3) is 21.8 Å². The number of amides is 1. The number of hydrogen-bond donors (Lipinski definition) is 1. The van der Waals surface area contributed by atoms with Crippen molar-refractivity contribution in [2.45, 2.75) is 4.90 Å². The molecule has 4 aromatic rings. The molecule has 0 aliphatic rings. The van der Waals surface area contributed by atoms with Gasteiger partial charge in [-0.25, -0.2) is 13.4 Å². The number of anilines is 1. The van der Waals surface area contributed by atoms with Crippen molar-refractivity contribution in [3.05, 3.63) is 88.8 Å². The number of nitrogens with one attached hydrogen (secondary N) is 1. The number of halogens is 1. The van der Waals surface area contributed by atoms with E-state index >= 15 is 0 Å². The lowest BCUT2D eigenvalue weighted by atomic mass is 10.1. The number of hydrogen-bond acceptors (Lipinski definition) is 5. The van der Waals surface area contributed by atoms with Crippen LogP contribution in [0.1, 0.15) is 10.4 Å². The third-order valence-electron chi connectivity index (χ3n) is 4.58. The zero-order chi connectivity index (χ0) is 22.0. The summed E-state index contributed by atoms with van der Waals surface area (Å²) in [6.45, 7) is 0. The molecule has 1 heterocycles. The number of benzene rings is 3. The van der Waals surface area contributed by atoms with Crippen LogP contribution in [0, 0.1) is 0 Å². The molecule has 1 aromatic heterocycles. The Kier molecular flexibility index (Phi) is 5.91. The van der Waals surface area contributed by atoms with Gasteiger partial charge in [-0.15, -0.1) is 11.3 Å². The molecule has 156 valence electrons. The minimum absolute atomic E-state index is 0.0662. The van der Waals surface area contributed by atoms with Gasteiger partial charge in [0.2, 0.25) is 0 Å². The normalized spacial score (nSPS) is 11.3. The first-order valence-corrected chi connectivity index (χ1v) is 12.4. The van der Waals surface area contributed by atoms with Crippen LogP contribution in [0.4, 0.5) is 5.69 Å². The molecule has 1 N–H and O–H groups in total. The van der Waals surface area contributed by atoms with E-state index in [1.54, 1.807) is 23.5 Å². The van der Waals surface area contributed by atoms with E-state index in [0.29, 0.717) is 5.69 Å². The number of sulfone groups is 1. The summed E-state index contributed by atoms with van der Waals surface area (Å²) in [6, 6.07) is 21.4. The predicted octanol–water partition coefficient (Wildman–Crippen LogP) is 5.79. The SMILES string of the molecule is CS(=O)(=O)c1ccc(C(=O)Nc2ccc(-c3csc(-c4ccccc4)n3)cc2)c(Cl)c1. The molecular formula is C23H17ClN2O3S2. The first-order chi connectivity index (χ1) is 14.8. The van der Waals surface area contributed by atoms with Gasteiger partial charge in [0, 0.05) is 28.5 Å². The van der Waals surface area contributed by atoms with Crippen molar-refractivity contribution in [1.82, 2.24) is 4.98 Å². The van der Waals surface area contributed by atoms with Gasteiger partial charge in [0.25, 0.3) is 5.91 Å². The van der Waals surface area contributed by atoms with Gasteiger partial charge in [0.1, 0.15) is 5.01 Å². The molecule has 0 radical (unpaired) electrons. The minimum Gasteiger partial charge on any atom is -0.322 e. The lowest BCUT2D eigenvalue weighted by Crippen LogP contribution is -2.13. The van der Waals surface area contributed by atoms with Crippen LogP contribution in [-0.2, 0) is 9.84 Å². The molecule has 0 bridgehead atoms. The molecule has 0 saturated carbocycles. The Hall–Kier alpha value is -3.00. The molecule has 8 heteroatoms. The van der Waals surface area contributed by atoms with E-state index < -0.39 is 15.7 Å². The maximum absolute atomic E-state index is 12.6. The Morgan fingerprint density at radius 2 is 1.68 bits per heavy atom. The molecule has 0 atom stereocenters. The fourth-order valence-corrected chi connectivity index (χ4v) is 4.77. The molecule has 5 nitrogen and oxygen atoms in total. The average Bonchev–Trinajstić information content (AvgIpc) is 3.24. The third kappa shape index (κ3) is 4.85. The van der Waals surface area contributed by atoms with Gasteiger partial charge in [-0.1, -0.05) is 54.1 Å². The number of rotatable bonds is 5. The van der Waals surface area contributed by atoms with E-state index in [1.807, 2.05) is 47.8 Å². The number of carbonyl (C=O) groups is 1. The highest BCUT2D eigenvalue weighted by Gasteiger charge is 2.15. The van der Waals surface area contributed by atoms with Crippen LogP contribution in [0.5, 0.6) is 0 Å². The Labute approximate surface area is 189 Å². The zero-order valence-corrected chi connectivity index (χ0v) is 18.8. The minimum atomic E-state index is -3.40. The Bertz CT molecular complexity index is 1350. The molecule has 0 aliphatic heterocycles. The average molecular weight is 469 g/mol.